The summed E-state index contributed by atoms with van der Waals surface area (Å²) in [4.78, 5) is 16.2. The Morgan fingerprint density at radius 2 is 2.22 bits per heavy atom. The molecular weight excluding hydrogens is 290 g/mol. The number of aromatic nitrogens is 1. The Kier molecular flexibility index (Phi) is 4.24. The molecule has 2 N–H and O–H groups in total. The lowest BCUT2D eigenvalue weighted by Gasteiger charge is -2.09. The number of amides is 1. The Morgan fingerprint density at radius 1 is 1.39 bits per heavy atom. The minimum Gasteiger partial charge on any atom is -0.330 e. The maximum Gasteiger partial charge on any atom is 0.267 e. The standard InChI is InChI=1S/C11H8ClN3OS2/c12-9-7(3-1-5-13-9)14-11(17)15-10(16)8-4-2-6-18-8/h1-6H,(H2,14,15,16,17). The molecule has 1 amide bonds. The first-order valence-electron chi connectivity index (χ1n) is 4.93. The molecule has 18 heavy (non-hydrogen) atoms. The van der Waals surface area contributed by atoms with Gasteiger partial charge >= 0.3 is 0 Å². The lowest BCUT2D eigenvalue weighted by Crippen LogP contribution is -2.33. The molecule has 0 unspecified atom stereocenters. The third kappa shape index (κ3) is 3.25. The van der Waals surface area contributed by atoms with E-state index in [-0.39, 0.29) is 11.0 Å². The Morgan fingerprint density at radius 3 is 2.89 bits per heavy atom. The third-order valence-electron chi connectivity index (χ3n) is 1.98. The van der Waals surface area contributed by atoms with Gasteiger partial charge in [-0.15, -0.1) is 11.3 Å². The molecule has 92 valence electrons. The summed E-state index contributed by atoms with van der Waals surface area (Å²) in [7, 11) is 0. The summed E-state index contributed by atoms with van der Waals surface area (Å²) in [6.45, 7) is 0. The monoisotopic (exact) mass is 297 g/mol. The molecule has 2 rings (SSSR count). The fourth-order valence-electron chi connectivity index (χ4n) is 1.21. The molecule has 0 aliphatic heterocycles. The van der Waals surface area contributed by atoms with E-state index in [1.54, 1.807) is 30.5 Å². The van der Waals surface area contributed by atoms with Crippen molar-refractivity contribution in [1.82, 2.24) is 10.3 Å². The van der Waals surface area contributed by atoms with E-state index in [1.807, 2.05) is 5.38 Å². The Labute approximate surface area is 118 Å². The van der Waals surface area contributed by atoms with Crippen molar-refractivity contribution in [2.24, 2.45) is 0 Å². The van der Waals surface area contributed by atoms with Crippen molar-refractivity contribution >= 4 is 51.9 Å². The topological polar surface area (TPSA) is 54.0 Å². The number of nitrogens with one attached hydrogen (secondary N) is 2. The van der Waals surface area contributed by atoms with Crippen molar-refractivity contribution in [1.29, 1.82) is 0 Å². The second-order valence-corrected chi connectivity index (χ2v) is 4.94. The molecule has 0 saturated carbocycles. The summed E-state index contributed by atoms with van der Waals surface area (Å²) in [5.74, 6) is -0.248. The fraction of sp³-hybridized carbons (Fsp3) is 0. The first kappa shape index (κ1) is 12.9. The van der Waals surface area contributed by atoms with Gasteiger partial charge in [0, 0.05) is 6.20 Å². The van der Waals surface area contributed by atoms with Gasteiger partial charge in [0.1, 0.15) is 0 Å². The number of thiocarbonyl (C=S) groups is 1. The number of pyridine rings is 1. The average Bonchev–Trinajstić information content (AvgIpc) is 2.85. The van der Waals surface area contributed by atoms with Crippen LogP contribution >= 0.6 is 35.2 Å². The molecule has 0 saturated heterocycles. The van der Waals surface area contributed by atoms with Crippen LogP contribution in [0, 0.1) is 0 Å². The molecule has 0 aromatic carbocycles. The Balaban J connectivity index is 1.98. The van der Waals surface area contributed by atoms with E-state index in [2.05, 4.69) is 15.6 Å². The molecular formula is C11H8ClN3OS2. The van der Waals surface area contributed by atoms with E-state index in [9.17, 15) is 4.79 Å². The summed E-state index contributed by atoms with van der Waals surface area (Å²) in [5, 5.41) is 7.68. The van der Waals surface area contributed by atoms with Crippen molar-refractivity contribution in [3.05, 3.63) is 45.9 Å². The number of nitrogens with zero attached hydrogens (tertiary/aromatic N) is 1. The van der Waals surface area contributed by atoms with E-state index >= 15 is 0 Å². The van der Waals surface area contributed by atoms with E-state index in [0.717, 1.165) is 0 Å². The molecule has 0 aliphatic rings. The molecule has 0 bridgehead atoms. The average molecular weight is 298 g/mol. The van der Waals surface area contributed by atoms with Gasteiger partial charge in [-0.2, -0.15) is 0 Å². The van der Waals surface area contributed by atoms with Crippen molar-refractivity contribution in [3.63, 3.8) is 0 Å². The minimum absolute atomic E-state index is 0.184. The van der Waals surface area contributed by atoms with Crippen LogP contribution in [0.15, 0.2) is 35.8 Å². The molecule has 0 spiro atoms. The predicted molar refractivity (Wildman–Crippen MR) is 77.3 cm³/mol. The van der Waals surface area contributed by atoms with E-state index in [1.165, 1.54) is 11.3 Å². The summed E-state index contributed by atoms with van der Waals surface area (Å²) in [6, 6.07) is 6.96. The molecule has 0 atom stereocenters. The SMILES string of the molecule is O=C(NC(=S)Nc1cccnc1Cl)c1cccs1. The van der Waals surface area contributed by atoms with Gasteiger partial charge in [0.15, 0.2) is 10.3 Å². The van der Waals surface area contributed by atoms with Gasteiger partial charge in [-0.05, 0) is 35.8 Å². The highest BCUT2D eigenvalue weighted by Crippen LogP contribution is 2.17. The van der Waals surface area contributed by atoms with Crippen LogP contribution in [0.25, 0.3) is 0 Å². The van der Waals surface area contributed by atoms with E-state index in [0.29, 0.717) is 15.7 Å². The second kappa shape index (κ2) is 5.90. The van der Waals surface area contributed by atoms with Crippen LogP contribution < -0.4 is 10.6 Å². The Hall–Kier alpha value is -1.50. The highest BCUT2D eigenvalue weighted by atomic mass is 35.5. The van der Waals surface area contributed by atoms with Gasteiger partial charge in [0.25, 0.3) is 5.91 Å². The van der Waals surface area contributed by atoms with Crippen LogP contribution in [-0.4, -0.2) is 16.0 Å². The summed E-state index contributed by atoms with van der Waals surface area (Å²) in [6.07, 6.45) is 1.57. The highest BCUT2D eigenvalue weighted by molar-refractivity contribution is 7.80. The quantitative estimate of drug-likeness (QED) is 0.661. The molecule has 2 aromatic heterocycles. The highest BCUT2D eigenvalue weighted by Gasteiger charge is 2.09. The molecule has 0 radical (unpaired) electrons. The van der Waals surface area contributed by atoms with Crippen LogP contribution in [0.3, 0.4) is 0 Å². The van der Waals surface area contributed by atoms with E-state index in [4.69, 9.17) is 23.8 Å². The minimum atomic E-state index is -0.248. The normalized spacial score (nSPS) is 9.83. The van der Waals surface area contributed by atoms with Gasteiger partial charge in [0.2, 0.25) is 0 Å². The van der Waals surface area contributed by atoms with Crippen LogP contribution in [-0.2, 0) is 0 Å². The smallest absolute Gasteiger partial charge is 0.267 e. The van der Waals surface area contributed by atoms with E-state index < -0.39 is 0 Å². The summed E-state index contributed by atoms with van der Waals surface area (Å²) >= 11 is 12.2. The van der Waals surface area contributed by atoms with Crippen molar-refractivity contribution in [3.8, 4) is 0 Å². The van der Waals surface area contributed by atoms with Gasteiger partial charge in [0.05, 0.1) is 10.6 Å². The Bertz CT molecular complexity index is 571. The molecule has 0 fully saturated rings. The molecule has 0 aliphatic carbocycles. The van der Waals surface area contributed by atoms with Crippen molar-refractivity contribution in [2.45, 2.75) is 0 Å². The zero-order chi connectivity index (χ0) is 13.0. The number of thiophene rings is 1. The number of carbonyl (C=O) groups is 1. The number of anilines is 1. The van der Waals surface area contributed by atoms with Crippen LogP contribution in [0.2, 0.25) is 5.15 Å². The molecule has 2 aromatic rings. The van der Waals surface area contributed by atoms with Gasteiger partial charge < -0.3 is 5.32 Å². The zero-order valence-electron chi connectivity index (χ0n) is 9.01. The lowest BCUT2D eigenvalue weighted by atomic mass is 10.4. The molecule has 2 heterocycles. The number of carbonyl (C=O) groups excluding carboxylic acids is 1. The molecule has 7 heteroatoms. The van der Waals surface area contributed by atoms with Gasteiger partial charge in [-0.3, -0.25) is 10.1 Å². The van der Waals surface area contributed by atoms with Crippen molar-refractivity contribution < 1.29 is 4.79 Å². The molecule has 4 nitrogen and oxygen atoms in total. The third-order valence-corrected chi connectivity index (χ3v) is 3.35. The first-order chi connectivity index (χ1) is 8.66. The number of halogens is 1. The van der Waals surface area contributed by atoms with Crippen molar-refractivity contribution in [2.75, 3.05) is 5.32 Å². The van der Waals surface area contributed by atoms with Crippen LogP contribution in [0.5, 0.6) is 0 Å². The number of hydrogen-bond acceptors (Lipinski definition) is 4. The maximum absolute atomic E-state index is 11.7. The number of hydrogen-bond donors (Lipinski definition) is 2. The fourth-order valence-corrected chi connectivity index (χ4v) is 2.19. The predicted octanol–water partition coefficient (Wildman–Crippen LogP) is 2.92. The summed E-state index contributed by atoms with van der Waals surface area (Å²) < 4.78 is 0. The van der Waals surface area contributed by atoms with Gasteiger partial charge in [-0.1, -0.05) is 17.7 Å². The van der Waals surface area contributed by atoms with Gasteiger partial charge in [-0.25, -0.2) is 4.98 Å². The van der Waals surface area contributed by atoms with Crippen LogP contribution in [0.1, 0.15) is 9.67 Å². The second-order valence-electron chi connectivity index (χ2n) is 3.23. The zero-order valence-corrected chi connectivity index (χ0v) is 11.4. The largest absolute Gasteiger partial charge is 0.330 e. The first-order valence-corrected chi connectivity index (χ1v) is 6.60. The van der Waals surface area contributed by atoms with Crippen LogP contribution in [0.4, 0.5) is 5.69 Å². The summed E-state index contributed by atoms with van der Waals surface area (Å²) in [5.41, 5.74) is 0.552. The number of rotatable bonds is 2. The lowest BCUT2D eigenvalue weighted by molar-refractivity contribution is 0.0981. The maximum atomic E-state index is 11.7.